The third-order valence-electron chi connectivity index (χ3n) is 4.95. The maximum Gasteiger partial charge on any atom is 0.248 e. The summed E-state index contributed by atoms with van der Waals surface area (Å²) in [5.74, 6) is 0.767. The third-order valence-corrected chi connectivity index (χ3v) is 4.95. The molecule has 0 radical (unpaired) electrons. The first kappa shape index (κ1) is 17.6. The fourth-order valence-electron chi connectivity index (χ4n) is 3.49. The highest BCUT2D eigenvalue weighted by Gasteiger charge is 2.24. The summed E-state index contributed by atoms with van der Waals surface area (Å²) in [6.07, 6.45) is 3.92. The Bertz CT molecular complexity index is 726. The molecule has 2 heterocycles. The predicted octanol–water partition coefficient (Wildman–Crippen LogP) is 1.71. The molecule has 1 aliphatic rings. The van der Waals surface area contributed by atoms with Crippen molar-refractivity contribution in [3.8, 4) is 0 Å². The SMILES string of the molecule is CCn1ccnc1CN1CCN(Cc2cccc(C(N)=O)c2)C[C@@H]1C. The predicted molar refractivity (Wildman–Crippen MR) is 98.0 cm³/mol. The van der Waals surface area contributed by atoms with Gasteiger partial charge in [-0.1, -0.05) is 12.1 Å². The number of nitrogens with two attached hydrogens (primary N) is 1. The lowest BCUT2D eigenvalue weighted by Crippen LogP contribution is -2.51. The molecule has 0 saturated carbocycles. The van der Waals surface area contributed by atoms with E-state index in [4.69, 9.17) is 5.73 Å². The van der Waals surface area contributed by atoms with Gasteiger partial charge in [-0.2, -0.15) is 0 Å². The first-order valence-electron chi connectivity index (χ1n) is 8.92. The van der Waals surface area contributed by atoms with Crippen LogP contribution in [-0.2, 0) is 19.6 Å². The molecule has 6 heteroatoms. The van der Waals surface area contributed by atoms with E-state index in [0.29, 0.717) is 11.6 Å². The molecule has 1 aromatic carbocycles. The normalized spacial score (nSPS) is 19.2. The maximum absolute atomic E-state index is 11.3. The zero-order valence-corrected chi connectivity index (χ0v) is 15.1. The number of rotatable bonds is 6. The van der Waals surface area contributed by atoms with Gasteiger partial charge in [0.2, 0.25) is 5.91 Å². The number of primary amides is 1. The lowest BCUT2D eigenvalue weighted by atomic mass is 10.1. The molecule has 0 aliphatic carbocycles. The Labute approximate surface area is 149 Å². The molecular formula is C19H27N5O. The largest absolute Gasteiger partial charge is 0.366 e. The van der Waals surface area contributed by atoms with Gasteiger partial charge in [0, 0.05) is 56.7 Å². The molecular weight excluding hydrogens is 314 g/mol. The molecule has 0 unspecified atom stereocenters. The second-order valence-corrected chi connectivity index (χ2v) is 6.75. The fourth-order valence-corrected chi connectivity index (χ4v) is 3.49. The number of imidazole rings is 1. The molecule has 2 aromatic rings. The number of piperazine rings is 1. The lowest BCUT2D eigenvalue weighted by molar-refractivity contribution is 0.0705. The summed E-state index contributed by atoms with van der Waals surface area (Å²) in [7, 11) is 0. The van der Waals surface area contributed by atoms with Crippen molar-refractivity contribution in [2.24, 2.45) is 5.73 Å². The molecule has 1 aliphatic heterocycles. The van der Waals surface area contributed by atoms with Crippen LogP contribution in [0.5, 0.6) is 0 Å². The molecule has 1 saturated heterocycles. The quantitative estimate of drug-likeness (QED) is 0.868. The van der Waals surface area contributed by atoms with E-state index in [2.05, 4.69) is 39.3 Å². The van der Waals surface area contributed by atoms with Gasteiger partial charge in [0.1, 0.15) is 5.82 Å². The zero-order chi connectivity index (χ0) is 17.8. The topological polar surface area (TPSA) is 67.4 Å². The van der Waals surface area contributed by atoms with Crippen molar-refractivity contribution in [3.63, 3.8) is 0 Å². The van der Waals surface area contributed by atoms with Gasteiger partial charge in [0.15, 0.2) is 0 Å². The first-order valence-corrected chi connectivity index (χ1v) is 8.92. The lowest BCUT2D eigenvalue weighted by Gasteiger charge is -2.39. The van der Waals surface area contributed by atoms with E-state index in [1.54, 1.807) is 6.07 Å². The van der Waals surface area contributed by atoms with Crippen molar-refractivity contribution in [1.29, 1.82) is 0 Å². The van der Waals surface area contributed by atoms with Crippen LogP contribution in [0.4, 0.5) is 0 Å². The molecule has 1 fully saturated rings. The van der Waals surface area contributed by atoms with E-state index in [9.17, 15) is 4.79 Å². The summed E-state index contributed by atoms with van der Waals surface area (Å²) < 4.78 is 2.20. The molecule has 0 spiro atoms. The molecule has 1 atom stereocenters. The summed E-state index contributed by atoms with van der Waals surface area (Å²) in [6, 6.07) is 8.09. The standard InChI is InChI=1S/C19H27N5O/c1-3-23-8-7-21-18(23)14-24-10-9-22(12-15(24)2)13-16-5-4-6-17(11-16)19(20)25/h4-8,11,15H,3,9-10,12-14H2,1-2H3,(H2,20,25)/t15-/m0/s1. The van der Waals surface area contributed by atoms with Crippen LogP contribution in [0.25, 0.3) is 0 Å². The van der Waals surface area contributed by atoms with Crippen LogP contribution in [0.1, 0.15) is 35.6 Å². The smallest absolute Gasteiger partial charge is 0.248 e. The molecule has 134 valence electrons. The van der Waals surface area contributed by atoms with Crippen LogP contribution >= 0.6 is 0 Å². The van der Waals surface area contributed by atoms with E-state index in [1.165, 1.54) is 0 Å². The van der Waals surface area contributed by atoms with Crippen molar-refractivity contribution in [2.45, 2.75) is 39.5 Å². The number of aromatic nitrogens is 2. The Morgan fingerprint density at radius 2 is 2.16 bits per heavy atom. The second-order valence-electron chi connectivity index (χ2n) is 6.75. The Balaban J connectivity index is 1.58. The van der Waals surface area contributed by atoms with Crippen LogP contribution < -0.4 is 5.73 Å². The van der Waals surface area contributed by atoms with Gasteiger partial charge in [-0.05, 0) is 31.5 Å². The Hall–Kier alpha value is -2.18. The maximum atomic E-state index is 11.3. The molecule has 25 heavy (non-hydrogen) atoms. The average molecular weight is 341 g/mol. The van der Waals surface area contributed by atoms with Gasteiger partial charge in [-0.15, -0.1) is 0 Å². The third kappa shape index (κ3) is 4.27. The van der Waals surface area contributed by atoms with Gasteiger partial charge in [-0.25, -0.2) is 4.98 Å². The highest BCUT2D eigenvalue weighted by atomic mass is 16.1. The van der Waals surface area contributed by atoms with Crippen molar-refractivity contribution < 1.29 is 4.79 Å². The summed E-state index contributed by atoms with van der Waals surface area (Å²) in [4.78, 5) is 20.8. The Morgan fingerprint density at radius 1 is 1.32 bits per heavy atom. The van der Waals surface area contributed by atoms with Gasteiger partial charge in [0.05, 0.1) is 6.54 Å². The van der Waals surface area contributed by atoms with Gasteiger partial charge in [-0.3, -0.25) is 14.6 Å². The monoisotopic (exact) mass is 341 g/mol. The average Bonchev–Trinajstić information content (AvgIpc) is 3.05. The van der Waals surface area contributed by atoms with E-state index < -0.39 is 0 Å². The highest BCUT2D eigenvalue weighted by Crippen LogP contribution is 2.16. The molecule has 2 N–H and O–H groups in total. The first-order chi connectivity index (χ1) is 12.1. The van der Waals surface area contributed by atoms with Crippen molar-refractivity contribution in [3.05, 3.63) is 53.6 Å². The van der Waals surface area contributed by atoms with Crippen LogP contribution in [0, 0.1) is 0 Å². The zero-order valence-electron chi connectivity index (χ0n) is 15.1. The molecule has 3 rings (SSSR count). The van der Waals surface area contributed by atoms with Gasteiger partial charge in [0.25, 0.3) is 0 Å². The summed E-state index contributed by atoms with van der Waals surface area (Å²) >= 11 is 0. The van der Waals surface area contributed by atoms with E-state index in [1.807, 2.05) is 24.5 Å². The van der Waals surface area contributed by atoms with Crippen molar-refractivity contribution in [1.82, 2.24) is 19.4 Å². The minimum atomic E-state index is -0.369. The van der Waals surface area contributed by atoms with Gasteiger partial charge < -0.3 is 10.3 Å². The number of amides is 1. The minimum Gasteiger partial charge on any atom is -0.366 e. The minimum absolute atomic E-state index is 0.369. The van der Waals surface area contributed by atoms with Crippen LogP contribution in [-0.4, -0.2) is 50.9 Å². The molecule has 1 amide bonds. The second kappa shape index (κ2) is 7.80. The summed E-state index contributed by atoms with van der Waals surface area (Å²) in [5, 5.41) is 0. The van der Waals surface area contributed by atoms with E-state index in [0.717, 1.165) is 50.7 Å². The van der Waals surface area contributed by atoms with E-state index >= 15 is 0 Å². The number of hydrogen-bond acceptors (Lipinski definition) is 4. The summed E-state index contributed by atoms with van der Waals surface area (Å²) in [6.45, 7) is 10.2. The van der Waals surface area contributed by atoms with Crippen LogP contribution in [0.2, 0.25) is 0 Å². The number of aryl methyl sites for hydroxylation is 1. The van der Waals surface area contributed by atoms with Crippen LogP contribution in [0.3, 0.4) is 0 Å². The Kier molecular flexibility index (Phi) is 5.50. The Morgan fingerprint density at radius 3 is 2.88 bits per heavy atom. The fraction of sp³-hybridized carbons (Fsp3) is 0.474. The van der Waals surface area contributed by atoms with Gasteiger partial charge >= 0.3 is 0 Å². The number of carbonyl (C=O) groups is 1. The van der Waals surface area contributed by atoms with E-state index in [-0.39, 0.29) is 5.91 Å². The van der Waals surface area contributed by atoms with Crippen molar-refractivity contribution >= 4 is 5.91 Å². The van der Waals surface area contributed by atoms with Crippen molar-refractivity contribution in [2.75, 3.05) is 19.6 Å². The highest BCUT2D eigenvalue weighted by molar-refractivity contribution is 5.92. The van der Waals surface area contributed by atoms with Crippen LogP contribution in [0.15, 0.2) is 36.7 Å². The number of benzene rings is 1. The molecule has 0 bridgehead atoms. The molecule has 1 aromatic heterocycles. The number of nitrogens with zero attached hydrogens (tertiary/aromatic N) is 4. The number of carbonyl (C=O) groups excluding carboxylic acids is 1. The summed E-state index contributed by atoms with van der Waals surface area (Å²) in [5.41, 5.74) is 7.09. The number of hydrogen-bond donors (Lipinski definition) is 1. The molecule has 6 nitrogen and oxygen atoms in total.